The highest BCUT2D eigenvalue weighted by molar-refractivity contribution is 5.73. The van der Waals surface area contributed by atoms with E-state index in [1.165, 1.54) is 193 Å². The molecule has 392 valence electrons. The van der Waals surface area contributed by atoms with Gasteiger partial charge in [-0.1, -0.05) is 219 Å². The van der Waals surface area contributed by atoms with Crippen LogP contribution in [0.25, 0.3) is 0 Å². The van der Waals surface area contributed by atoms with Gasteiger partial charge in [0, 0.05) is 6.92 Å². The molecule has 0 aromatic heterocycles. The van der Waals surface area contributed by atoms with Gasteiger partial charge in [-0.2, -0.15) is 0 Å². The van der Waals surface area contributed by atoms with Crippen molar-refractivity contribution in [1.29, 1.82) is 0 Å². The van der Waals surface area contributed by atoms with Crippen LogP contribution in [0.3, 0.4) is 0 Å². The third kappa shape index (κ3) is 26.8. The lowest BCUT2D eigenvalue weighted by molar-refractivity contribution is -0.359. The van der Waals surface area contributed by atoms with Crippen molar-refractivity contribution in [2.45, 2.75) is 306 Å². The van der Waals surface area contributed by atoms with Gasteiger partial charge in [0.05, 0.1) is 32.0 Å². The lowest BCUT2D eigenvalue weighted by atomic mass is 9.97. The summed E-state index contributed by atoms with van der Waals surface area (Å²) in [6, 6.07) is -0.825. The molecule has 0 aromatic carbocycles. The van der Waals surface area contributed by atoms with Crippen LogP contribution in [0.2, 0.25) is 0 Å². The van der Waals surface area contributed by atoms with Crippen LogP contribution in [-0.2, 0) is 23.7 Å². The average Bonchev–Trinajstić information content (AvgIpc) is 3.31. The van der Waals surface area contributed by atoms with Crippen molar-refractivity contribution in [2.75, 3.05) is 19.8 Å². The van der Waals surface area contributed by atoms with E-state index in [9.17, 15) is 45.6 Å². The first-order valence-corrected chi connectivity index (χ1v) is 27.2. The molecule has 0 aliphatic carbocycles. The molecule has 2 heterocycles. The average molecular weight is 948 g/mol. The molecule has 2 fully saturated rings. The maximum atomic E-state index is 12.0. The highest BCUT2D eigenvalue weighted by Crippen LogP contribution is 2.30. The number of aliphatic hydroxyl groups is 8. The fourth-order valence-electron chi connectivity index (χ4n) is 9.51. The molecule has 14 nitrogen and oxygen atoms in total. The van der Waals surface area contributed by atoms with Crippen molar-refractivity contribution >= 4 is 5.91 Å². The van der Waals surface area contributed by atoms with Gasteiger partial charge in [-0.15, -0.1) is 0 Å². The van der Waals surface area contributed by atoms with E-state index in [0.717, 1.165) is 25.7 Å². The zero-order valence-corrected chi connectivity index (χ0v) is 41.7. The summed E-state index contributed by atoms with van der Waals surface area (Å²) in [4.78, 5) is 12.0. The second kappa shape index (κ2) is 39.7. The van der Waals surface area contributed by atoms with Crippen LogP contribution in [0.15, 0.2) is 0 Å². The zero-order valence-electron chi connectivity index (χ0n) is 41.7. The minimum absolute atomic E-state index is 0.259. The lowest BCUT2D eigenvalue weighted by Crippen LogP contribution is -2.65. The van der Waals surface area contributed by atoms with E-state index in [0.29, 0.717) is 6.42 Å². The Hall–Kier alpha value is -1.01. The monoisotopic (exact) mass is 948 g/mol. The molecule has 0 aromatic rings. The SMILES string of the molecule is CCCCCCCCCCCCCCCCCCCCCCCCCCCCCCCCCCCC(O)C(COC1OC(CO)C(OC2OC(CO)C(O)C(O)C2O)C(O)C1O)NC(C)=O. The molecular weight excluding hydrogens is 847 g/mol. The molecule has 2 rings (SSSR count). The number of rotatable bonds is 43. The van der Waals surface area contributed by atoms with Crippen molar-refractivity contribution < 1.29 is 64.6 Å². The largest absolute Gasteiger partial charge is 0.394 e. The van der Waals surface area contributed by atoms with Crippen molar-refractivity contribution in [3.8, 4) is 0 Å². The highest BCUT2D eigenvalue weighted by Gasteiger charge is 2.51. The van der Waals surface area contributed by atoms with Gasteiger partial charge in [-0.3, -0.25) is 4.79 Å². The van der Waals surface area contributed by atoms with E-state index in [-0.39, 0.29) is 12.5 Å². The Morgan fingerprint density at radius 2 is 0.833 bits per heavy atom. The normalized spacial score (nSPS) is 26.7. The van der Waals surface area contributed by atoms with Gasteiger partial charge in [0.25, 0.3) is 0 Å². The zero-order chi connectivity index (χ0) is 48.2. The first-order valence-electron chi connectivity index (χ1n) is 27.2. The van der Waals surface area contributed by atoms with Gasteiger partial charge < -0.3 is 65.1 Å². The number of carbonyl (C=O) groups excluding carboxylic acids is 1. The summed E-state index contributed by atoms with van der Waals surface area (Å²) in [6.45, 7) is 1.95. The van der Waals surface area contributed by atoms with E-state index < -0.39 is 86.8 Å². The van der Waals surface area contributed by atoms with Crippen molar-refractivity contribution in [1.82, 2.24) is 5.32 Å². The van der Waals surface area contributed by atoms with Crippen molar-refractivity contribution in [3.05, 3.63) is 0 Å². The number of ether oxygens (including phenoxy) is 4. The number of aliphatic hydroxyl groups excluding tert-OH is 8. The maximum absolute atomic E-state index is 12.0. The molecule has 1 amide bonds. The molecule has 0 bridgehead atoms. The number of hydrogen-bond acceptors (Lipinski definition) is 13. The number of unbranched alkanes of at least 4 members (excludes halogenated alkanes) is 32. The summed E-state index contributed by atoms with van der Waals surface area (Å²) in [5, 5.41) is 85.3. The smallest absolute Gasteiger partial charge is 0.217 e. The second-order valence-corrected chi connectivity index (χ2v) is 19.8. The summed E-state index contributed by atoms with van der Waals surface area (Å²) in [6.07, 6.45) is 28.3. The molecule has 66 heavy (non-hydrogen) atoms. The van der Waals surface area contributed by atoms with Gasteiger partial charge in [0.2, 0.25) is 5.91 Å². The maximum Gasteiger partial charge on any atom is 0.217 e. The van der Waals surface area contributed by atoms with Crippen LogP contribution in [0.4, 0.5) is 0 Å². The fraction of sp³-hybridized carbons (Fsp3) is 0.981. The Labute approximate surface area is 400 Å². The lowest BCUT2D eigenvalue weighted by Gasteiger charge is -2.46. The quantitative estimate of drug-likeness (QED) is 0.0267. The third-order valence-electron chi connectivity index (χ3n) is 13.9. The summed E-state index contributed by atoms with van der Waals surface area (Å²) in [7, 11) is 0. The van der Waals surface area contributed by atoms with E-state index in [1.54, 1.807) is 0 Å². The van der Waals surface area contributed by atoms with E-state index in [2.05, 4.69) is 12.2 Å². The number of hydrogen-bond donors (Lipinski definition) is 9. The van der Waals surface area contributed by atoms with Crippen LogP contribution in [0, 0.1) is 0 Å². The molecular formula is C52H101NO13. The Bertz CT molecular complexity index is 1120. The van der Waals surface area contributed by atoms with Crippen LogP contribution < -0.4 is 5.32 Å². The van der Waals surface area contributed by atoms with Crippen LogP contribution in [0.1, 0.15) is 232 Å². The van der Waals surface area contributed by atoms with Gasteiger partial charge in [0.15, 0.2) is 12.6 Å². The second-order valence-electron chi connectivity index (χ2n) is 19.8. The standard InChI is InChI=1S/C52H101NO13/c1-3-4-5-6-7-8-9-10-11-12-13-14-15-16-17-18-19-20-21-22-23-24-25-26-27-28-29-30-31-32-33-34-35-36-42(57)41(53-40(2)56)39-63-51-49(62)47(60)50(44(38-55)65-51)66-52-48(61)46(59)45(58)43(37-54)64-52/h41-52,54-55,57-62H,3-39H2,1-2H3,(H,53,56). The molecule has 0 saturated carbocycles. The predicted octanol–water partition coefficient (Wildman–Crippen LogP) is 7.78. The van der Waals surface area contributed by atoms with E-state index in [1.807, 2.05) is 0 Å². The minimum atomic E-state index is -1.78. The molecule has 9 N–H and O–H groups in total. The van der Waals surface area contributed by atoms with Crippen LogP contribution >= 0.6 is 0 Å². The van der Waals surface area contributed by atoms with E-state index in [4.69, 9.17) is 18.9 Å². The molecule has 0 radical (unpaired) electrons. The van der Waals surface area contributed by atoms with E-state index >= 15 is 0 Å². The first kappa shape index (κ1) is 61.1. The molecule has 12 atom stereocenters. The van der Waals surface area contributed by atoms with Gasteiger partial charge >= 0.3 is 0 Å². The molecule has 2 aliphatic heterocycles. The Balaban J connectivity index is 1.42. The molecule has 14 heteroatoms. The number of carbonyl (C=O) groups is 1. The minimum Gasteiger partial charge on any atom is -0.394 e. The van der Waals surface area contributed by atoms with Crippen LogP contribution in [0.5, 0.6) is 0 Å². The van der Waals surface area contributed by atoms with Crippen molar-refractivity contribution in [2.24, 2.45) is 0 Å². The van der Waals surface area contributed by atoms with Crippen molar-refractivity contribution in [3.63, 3.8) is 0 Å². The summed E-state index contributed by atoms with van der Waals surface area (Å²) in [5.74, 6) is -0.379. The summed E-state index contributed by atoms with van der Waals surface area (Å²) >= 11 is 0. The van der Waals surface area contributed by atoms with Crippen LogP contribution in [-0.4, -0.2) is 140 Å². The first-order chi connectivity index (χ1) is 32.0. The highest BCUT2D eigenvalue weighted by atomic mass is 16.7. The van der Waals surface area contributed by atoms with Gasteiger partial charge in [0.1, 0.15) is 48.8 Å². The topological polar surface area (TPSA) is 228 Å². The summed E-state index contributed by atoms with van der Waals surface area (Å²) < 4.78 is 22.3. The Morgan fingerprint density at radius 1 is 0.485 bits per heavy atom. The predicted molar refractivity (Wildman–Crippen MR) is 259 cm³/mol. The Kier molecular flexibility index (Phi) is 36.7. The molecule has 12 unspecified atom stereocenters. The Morgan fingerprint density at radius 3 is 1.20 bits per heavy atom. The summed E-state index contributed by atoms with van der Waals surface area (Å²) in [5.41, 5.74) is 0. The number of nitrogens with one attached hydrogen (secondary N) is 1. The third-order valence-corrected chi connectivity index (χ3v) is 13.9. The molecule has 0 spiro atoms. The number of amides is 1. The van der Waals surface area contributed by atoms with Gasteiger partial charge in [-0.05, 0) is 6.42 Å². The van der Waals surface area contributed by atoms with Gasteiger partial charge in [-0.25, -0.2) is 0 Å². The molecule has 2 aliphatic rings. The molecule has 2 saturated heterocycles. The fourth-order valence-corrected chi connectivity index (χ4v) is 9.51.